The lowest BCUT2D eigenvalue weighted by atomic mass is 9.86. The Morgan fingerprint density at radius 3 is 2.48 bits per heavy atom. The number of hydrogen-bond acceptors (Lipinski definition) is 9. The molecule has 232 valence electrons. The number of rotatable bonds is 9. The van der Waals surface area contributed by atoms with Crippen molar-refractivity contribution in [3.63, 3.8) is 0 Å². The largest absolute Gasteiger partial charge is 0.492 e. The van der Waals surface area contributed by atoms with Gasteiger partial charge in [-0.3, -0.25) is 14.5 Å². The number of aryl methyl sites for hydroxylation is 1. The lowest BCUT2D eigenvalue weighted by molar-refractivity contribution is 0.102. The van der Waals surface area contributed by atoms with E-state index < -0.39 is 15.9 Å². The van der Waals surface area contributed by atoms with Crippen molar-refractivity contribution in [3.05, 3.63) is 95.1 Å². The van der Waals surface area contributed by atoms with Crippen LogP contribution in [0.1, 0.15) is 42.3 Å². The van der Waals surface area contributed by atoms with E-state index >= 15 is 0 Å². The van der Waals surface area contributed by atoms with Crippen LogP contribution in [-0.4, -0.2) is 52.2 Å². The quantitative estimate of drug-likeness (QED) is 0.275. The second kappa shape index (κ2) is 12.9. The van der Waals surface area contributed by atoms with Crippen LogP contribution in [0.15, 0.2) is 88.4 Å². The van der Waals surface area contributed by atoms with Gasteiger partial charge < -0.3 is 26.4 Å². The Hall–Kier alpha value is -4.68. The first-order valence-electron chi connectivity index (χ1n) is 13.9. The molecule has 12 heteroatoms. The molecule has 0 saturated carbocycles. The number of amides is 1. The zero-order chi connectivity index (χ0) is 32.2. The molecule has 2 aromatic rings. The molecule has 0 unspecified atom stereocenters. The Morgan fingerprint density at radius 1 is 1.14 bits per heavy atom. The van der Waals surface area contributed by atoms with Crippen molar-refractivity contribution >= 4 is 44.4 Å². The highest BCUT2D eigenvalue weighted by Crippen LogP contribution is 2.39. The van der Waals surface area contributed by atoms with Crippen molar-refractivity contribution < 1.29 is 17.9 Å². The van der Waals surface area contributed by atoms with Crippen LogP contribution in [0.25, 0.3) is 0 Å². The maximum absolute atomic E-state index is 13.6. The number of nitrogens with zero attached hydrogens (tertiary/aromatic N) is 2. The van der Waals surface area contributed by atoms with E-state index in [1.165, 1.54) is 13.3 Å². The number of nitrogens with two attached hydrogens (primary N) is 1. The predicted molar refractivity (Wildman–Crippen MR) is 179 cm³/mol. The van der Waals surface area contributed by atoms with Crippen molar-refractivity contribution in [2.24, 2.45) is 15.7 Å². The van der Waals surface area contributed by atoms with Gasteiger partial charge in [-0.2, -0.15) is 0 Å². The predicted octanol–water partition coefficient (Wildman–Crippen LogP) is 4.59. The Bertz CT molecular complexity index is 1760. The van der Waals surface area contributed by atoms with Crippen LogP contribution in [0.2, 0.25) is 0 Å². The van der Waals surface area contributed by atoms with E-state index in [2.05, 4.69) is 38.3 Å². The van der Waals surface area contributed by atoms with E-state index in [0.717, 1.165) is 35.2 Å². The lowest BCUT2D eigenvalue weighted by Crippen LogP contribution is -2.21. The van der Waals surface area contributed by atoms with Crippen LogP contribution in [0.3, 0.4) is 0 Å². The number of nitrogens with one attached hydrogen (secondary N) is 4. The van der Waals surface area contributed by atoms with Crippen molar-refractivity contribution in [3.8, 4) is 5.75 Å². The number of methoxy groups -OCH3 is 1. The molecule has 2 aliphatic heterocycles. The summed E-state index contributed by atoms with van der Waals surface area (Å²) in [6.07, 6.45) is 8.31. The van der Waals surface area contributed by atoms with Crippen LogP contribution >= 0.6 is 0 Å². The molecule has 1 amide bonds. The first-order valence-corrected chi connectivity index (χ1v) is 15.8. The van der Waals surface area contributed by atoms with Crippen LogP contribution in [0, 0.1) is 6.92 Å². The van der Waals surface area contributed by atoms with Gasteiger partial charge in [0, 0.05) is 30.5 Å². The monoisotopic (exact) mass is 617 g/mol. The summed E-state index contributed by atoms with van der Waals surface area (Å²) in [7, 11) is -2.20. The van der Waals surface area contributed by atoms with Crippen molar-refractivity contribution in [2.45, 2.75) is 33.1 Å². The van der Waals surface area contributed by atoms with Gasteiger partial charge in [0.05, 0.1) is 36.2 Å². The summed E-state index contributed by atoms with van der Waals surface area (Å²) in [4.78, 5) is 22.7. The van der Waals surface area contributed by atoms with E-state index in [0.29, 0.717) is 34.9 Å². The molecule has 4 rings (SSSR count). The Labute approximate surface area is 258 Å². The van der Waals surface area contributed by atoms with Crippen molar-refractivity contribution in [2.75, 3.05) is 41.8 Å². The van der Waals surface area contributed by atoms with Crippen LogP contribution in [-0.2, 0) is 15.4 Å². The molecule has 0 radical (unpaired) electrons. The second-order valence-corrected chi connectivity index (χ2v) is 13.2. The number of ether oxygens (including phenoxy) is 1. The molecular weight excluding hydrogens is 578 g/mol. The van der Waals surface area contributed by atoms with Gasteiger partial charge in [-0.1, -0.05) is 39.5 Å². The molecule has 44 heavy (non-hydrogen) atoms. The van der Waals surface area contributed by atoms with Crippen molar-refractivity contribution in [1.29, 1.82) is 0 Å². The highest BCUT2D eigenvalue weighted by molar-refractivity contribution is 7.92. The number of anilines is 3. The van der Waals surface area contributed by atoms with E-state index in [9.17, 15) is 13.2 Å². The van der Waals surface area contributed by atoms with Crippen LogP contribution in [0.5, 0.6) is 5.75 Å². The fraction of sp³-hybridized carbons (Fsp3) is 0.281. The van der Waals surface area contributed by atoms with Gasteiger partial charge in [0.2, 0.25) is 10.0 Å². The van der Waals surface area contributed by atoms with E-state index in [1.54, 1.807) is 30.3 Å². The highest BCUT2D eigenvalue weighted by atomic mass is 32.2. The van der Waals surface area contributed by atoms with Gasteiger partial charge in [0.1, 0.15) is 11.5 Å². The molecule has 0 saturated heterocycles. The highest BCUT2D eigenvalue weighted by Gasteiger charge is 2.23. The molecule has 6 N–H and O–H groups in total. The average Bonchev–Trinajstić information content (AvgIpc) is 3.48. The maximum Gasteiger partial charge on any atom is 0.255 e. The summed E-state index contributed by atoms with van der Waals surface area (Å²) in [6.45, 7) is 13.0. The van der Waals surface area contributed by atoms with Gasteiger partial charge in [0.15, 0.2) is 5.75 Å². The fourth-order valence-electron chi connectivity index (χ4n) is 4.65. The molecule has 0 fully saturated rings. The van der Waals surface area contributed by atoms with Gasteiger partial charge in [-0.05, 0) is 65.5 Å². The third kappa shape index (κ3) is 7.63. The molecule has 2 heterocycles. The third-order valence-electron chi connectivity index (χ3n) is 6.97. The van der Waals surface area contributed by atoms with E-state index in [-0.39, 0.29) is 22.7 Å². The Balaban J connectivity index is 1.69. The fourth-order valence-corrected chi connectivity index (χ4v) is 5.20. The number of carbonyl (C=O) groups excluding carboxylic acids is 1. The summed E-state index contributed by atoms with van der Waals surface area (Å²) >= 11 is 0. The second-order valence-electron chi connectivity index (χ2n) is 11.5. The molecule has 2 aliphatic rings. The molecule has 0 atom stereocenters. The standard InChI is InChI=1S/C32H39N7O4S/c1-8-35-24-12-11-23(21-13-14-34-18-21)36-28(24)30(33)37-25-15-20(10-9-19(25)2)31(40)38-26-16-22(32(3,4)5)17-27(29(26)43-6)39-44(7,41)42/h8-13,15-17,34,37,39H,1,14,18,33H2,2-7H3,(H,38,40)/b30-28-,35-24-. The molecule has 11 nitrogen and oxygen atoms in total. The van der Waals surface area contributed by atoms with Crippen LogP contribution < -0.4 is 31.1 Å². The number of sulfonamides is 1. The molecule has 0 aromatic heterocycles. The third-order valence-corrected chi connectivity index (χ3v) is 7.56. The minimum absolute atomic E-state index is 0.192. The SMILES string of the molecule is C=C/N=C1/C=CC(C2=CCNC2)=N/C1=C(/N)Nc1cc(C(=O)Nc2cc(C(C)(C)C)cc(NS(C)(=O)=O)c2OC)ccc1C. The first-order chi connectivity index (χ1) is 20.7. The topological polar surface area (TPSA) is 159 Å². The minimum Gasteiger partial charge on any atom is -0.492 e. The number of aliphatic imine (C=N–C) groups is 2. The lowest BCUT2D eigenvalue weighted by Gasteiger charge is -2.24. The Kier molecular flexibility index (Phi) is 9.45. The number of carbonyl (C=O) groups is 1. The molecular formula is C32H39N7O4S. The summed E-state index contributed by atoms with van der Waals surface area (Å²) in [5.41, 5.74) is 12.2. The number of dihydropyridines is 1. The zero-order valence-corrected chi connectivity index (χ0v) is 26.6. The minimum atomic E-state index is -3.62. The zero-order valence-electron chi connectivity index (χ0n) is 25.8. The van der Waals surface area contributed by atoms with Crippen molar-refractivity contribution in [1.82, 2.24) is 5.32 Å². The smallest absolute Gasteiger partial charge is 0.255 e. The molecule has 0 spiro atoms. The van der Waals surface area contributed by atoms with Crippen LogP contribution in [0.4, 0.5) is 17.1 Å². The van der Waals surface area contributed by atoms with Gasteiger partial charge in [0.25, 0.3) is 5.91 Å². The number of benzene rings is 2. The normalized spacial score (nSPS) is 17.1. The number of allylic oxidation sites excluding steroid dienone is 2. The molecule has 0 aliphatic carbocycles. The average molecular weight is 618 g/mol. The Morgan fingerprint density at radius 2 is 1.86 bits per heavy atom. The maximum atomic E-state index is 13.6. The van der Waals surface area contributed by atoms with E-state index in [1.807, 2.05) is 39.8 Å². The van der Waals surface area contributed by atoms with Gasteiger partial charge in [-0.15, -0.1) is 0 Å². The summed E-state index contributed by atoms with van der Waals surface area (Å²) in [5, 5.41) is 9.38. The molecule has 0 bridgehead atoms. The van der Waals surface area contributed by atoms with E-state index in [4.69, 9.17) is 15.5 Å². The number of hydrogen-bond donors (Lipinski definition) is 5. The van der Waals surface area contributed by atoms with Gasteiger partial charge >= 0.3 is 0 Å². The summed E-state index contributed by atoms with van der Waals surface area (Å²) in [5.74, 6) is 0.0250. The molecule has 2 aromatic carbocycles. The van der Waals surface area contributed by atoms with Gasteiger partial charge in [-0.25, -0.2) is 13.4 Å². The summed E-state index contributed by atoms with van der Waals surface area (Å²) < 4.78 is 32.2. The summed E-state index contributed by atoms with van der Waals surface area (Å²) in [6, 6.07) is 8.67. The first kappa shape index (κ1) is 32.2.